The summed E-state index contributed by atoms with van der Waals surface area (Å²) < 4.78 is 2.02. The normalized spacial score (nSPS) is 10.8. The maximum atomic E-state index is 5.11. The van der Waals surface area contributed by atoms with E-state index in [4.69, 9.17) is 18.0 Å². The molecule has 1 aromatic rings. The van der Waals surface area contributed by atoms with Crippen LogP contribution in [-0.4, -0.2) is 20.2 Å². The van der Waals surface area contributed by atoms with Crippen molar-refractivity contribution in [2.75, 3.05) is 0 Å². The number of allylic oxidation sites excluding steroid dienone is 1. The van der Waals surface area contributed by atoms with Crippen molar-refractivity contribution in [3.63, 3.8) is 0 Å². The van der Waals surface area contributed by atoms with Gasteiger partial charge in [-0.1, -0.05) is 10.3 Å². The van der Waals surface area contributed by atoms with Gasteiger partial charge < -0.3 is 5.73 Å². The Bertz CT molecular complexity index is 271. The number of rotatable bonds is 2. The number of nitrogens with zero attached hydrogens (tertiary/aromatic N) is 3. The Balaban J connectivity index is 2.75. The lowest BCUT2D eigenvalue weighted by Crippen LogP contribution is -1.98. The third-order valence-corrected chi connectivity index (χ3v) is 1.26. The molecule has 1 aromatic heterocycles. The van der Waals surface area contributed by atoms with Crippen molar-refractivity contribution in [1.82, 2.24) is 20.2 Å². The van der Waals surface area contributed by atoms with Crippen molar-refractivity contribution in [3.05, 3.63) is 17.0 Å². The van der Waals surface area contributed by atoms with Crippen LogP contribution in [0.1, 0.15) is 0 Å². The van der Waals surface area contributed by atoms with Crippen LogP contribution < -0.4 is 5.73 Å². The summed E-state index contributed by atoms with van der Waals surface area (Å²) in [5.74, 6) is 0. The van der Waals surface area contributed by atoms with Crippen molar-refractivity contribution in [1.29, 1.82) is 0 Å². The first-order chi connectivity index (χ1) is 4.84. The average molecular weight is 157 g/mol. The molecule has 0 unspecified atom stereocenters. The Morgan fingerprint density at radius 1 is 1.80 bits per heavy atom. The number of hydrogen-bond acceptors (Lipinski definition) is 4. The van der Waals surface area contributed by atoms with Gasteiger partial charge in [0.15, 0.2) is 0 Å². The molecule has 0 aliphatic rings. The van der Waals surface area contributed by atoms with E-state index < -0.39 is 0 Å². The van der Waals surface area contributed by atoms with Crippen LogP contribution in [-0.2, 0) is 6.54 Å². The summed E-state index contributed by atoms with van der Waals surface area (Å²) >= 11 is 4.78. The zero-order chi connectivity index (χ0) is 7.40. The second-order valence-corrected chi connectivity index (χ2v) is 1.99. The average Bonchev–Trinajstić information content (AvgIpc) is 2.31. The summed E-state index contributed by atoms with van der Waals surface area (Å²) in [5.41, 5.74) is 5.11. The van der Waals surface area contributed by atoms with Crippen molar-refractivity contribution in [3.8, 4) is 0 Å². The minimum Gasteiger partial charge on any atom is -0.405 e. The molecule has 10 heavy (non-hydrogen) atoms. The number of tetrazole rings is 1. The van der Waals surface area contributed by atoms with Crippen LogP contribution in [0.15, 0.2) is 12.3 Å². The molecule has 54 valence electrons. The minimum atomic E-state index is 0.429. The predicted octanol–water partition coefficient (Wildman–Crippen LogP) is -0.192. The molecule has 0 saturated heterocycles. The lowest BCUT2D eigenvalue weighted by molar-refractivity contribution is 0.653. The molecule has 0 atom stereocenters. The molecule has 1 heterocycles. The molecule has 0 aliphatic carbocycles. The maximum absolute atomic E-state index is 5.11. The van der Waals surface area contributed by atoms with Crippen LogP contribution in [0.2, 0.25) is 0 Å². The van der Waals surface area contributed by atoms with Gasteiger partial charge in [-0.2, -0.15) is 5.21 Å². The van der Waals surface area contributed by atoms with Gasteiger partial charge >= 0.3 is 0 Å². The maximum Gasteiger partial charge on any atom is 0.238 e. The predicted molar refractivity (Wildman–Crippen MR) is 38.5 cm³/mol. The molecule has 0 aliphatic heterocycles. The fourth-order valence-corrected chi connectivity index (χ4v) is 0.657. The van der Waals surface area contributed by atoms with Gasteiger partial charge in [0.25, 0.3) is 0 Å². The summed E-state index contributed by atoms with van der Waals surface area (Å²) in [5, 5.41) is 9.64. The molecule has 0 radical (unpaired) electrons. The quantitative estimate of drug-likeness (QED) is 0.583. The zero-order valence-electron chi connectivity index (χ0n) is 5.19. The van der Waals surface area contributed by atoms with Gasteiger partial charge in [0, 0.05) is 0 Å². The molecule has 0 bridgehead atoms. The van der Waals surface area contributed by atoms with E-state index in [1.54, 1.807) is 10.8 Å². The third-order valence-electron chi connectivity index (χ3n) is 0.956. The molecule has 1 rings (SSSR count). The number of nitrogens with one attached hydrogen (secondary N) is 1. The highest BCUT2D eigenvalue weighted by molar-refractivity contribution is 7.71. The summed E-state index contributed by atoms with van der Waals surface area (Å²) in [6.45, 7) is 0.586. The summed E-state index contributed by atoms with van der Waals surface area (Å²) in [6.07, 6.45) is 3.19. The second-order valence-electron chi connectivity index (χ2n) is 1.62. The monoisotopic (exact) mass is 157 g/mol. The van der Waals surface area contributed by atoms with Crippen LogP contribution in [0.25, 0.3) is 0 Å². The van der Waals surface area contributed by atoms with E-state index in [-0.39, 0.29) is 0 Å². The van der Waals surface area contributed by atoms with E-state index in [1.165, 1.54) is 6.20 Å². The van der Waals surface area contributed by atoms with E-state index in [0.29, 0.717) is 11.3 Å². The Hall–Kier alpha value is -1.17. The number of hydrogen-bond donors (Lipinski definition) is 2. The first kappa shape index (κ1) is 6.94. The fourth-order valence-electron chi connectivity index (χ4n) is 0.501. The van der Waals surface area contributed by atoms with E-state index in [2.05, 4.69) is 15.5 Å². The minimum absolute atomic E-state index is 0.429. The molecule has 6 heteroatoms. The Morgan fingerprint density at radius 2 is 2.60 bits per heavy atom. The summed E-state index contributed by atoms with van der Waals surface area (Å²) in [6, 6.07) is 0. The lowest BCUT2D eigenvalue weighted by atomic mass is 10.6. The SMILES string of the molecule is NC=CCn1[nH]nnc1=S. The number of H-pyrrole nitrogens is 1. The standard InChI is InChI=1S/C4H7N5S/c5-2-1-3-9-4(10)6-7-8-9/h1-2H,3,5H2,(H,6,8,10). The molecule has 0 saturated carbocycles. The van der Waals surface area contributed by atoms with Crippen LogP contribution in [0.3, 0.4) is 0 Å². The fraction of sp³-hybridized carbons (Fsp3) is 0.250. The first-order valence-electron chi connectivity index (χ1n) is 2.69. The van der Waals surface area contributed by atoms with Crippen molar-refractivity contribution < 1.29 is 0 Å². The van der Waals surface area contributed by atoms with Crippen molar-refractivity contribution >= 4 is 12.2 Å². The lowest BCUT2D eigenvalue weighted by Gasteiger charge is -1.90. The smallest absolute Gasteiger partial charge is 0.238 e. The van der Waals surface area contributed by atoms with Gasteiger partial charge in [0.2, 0.25) is 4.77 Å². The molecule has 0 aromatic carbocycles. The molecular weight excluding hydrogens is 150 g/mol. The Labute approximate surface area is 62.5 Å². The number of aromatic nitrogens is 4. The van der Waals surface area contributed by atoms with Crippen LogP contribution >= 0.6 is 12.2 Å². The van der Waals surface area contributed by atoms with E-state index in [0.717, 1.165) is 0 Å². The van der Waals surface area contributed by atoms with Gasteiger partial charge in [0.05, 0.1) is 6.54 Å². The van der Waals surface area contributed by atoms with Crippen LogP contribution in [0.4, 0.5) is 0 Å². The molecule has 0 amide bonds. The molecule has 3 N–H and O–H groups in total. The zero-order valence-corrected chi connectivity index (χ0v) is 6.01. The molecule has 0 spiro atoms. The van der Waals surface area contributed by atoms with Crippen molar-refractivity contribution in [2.45, 2.75) is 6.54 Å². The summed E-state index contributed by atoms with van der Waals surface area (Å²) in [7, 11) is 0. The largest absolute Gasteiger partial charge is 0.405 e. The highest BCUT2D eigenvalue weighted by atomic mass is 32.1. The molecule has 5 nitrogen and oxygen atoms in total. The van der Waals surface area contributed by atoms with Gasteiger partial charge in [-0.3, -0.25) is 0 Å². The van der Waals surface area contributed by atoms with Gasteiger partial charge in [0.1, 0.15) is 0 Å². The third kappa shape index (κ3) is 1.41. The summed E-state index contributed by atoms with van der Waals surface area (Å²) in [4.78, 5) is 0. The van der Waals surface area contributed by atoms with Crippen LogP contribution in [0, 0.1) is 4.77 Å². The highest BCUT2D eigenvalue weighted by Gasteiger charge is 1.88. The van der Waals surface area contributed by atoms with E-state index in [1.807, 2.05) is 0 Å². The Morgan fingerprint density at radius 3 is 3.10 bits per heavy atom. The Kier molecular flexibility index (Phi) is 2.16. The van der Waals surface area contributed by atoms with Gasteiger partial charge in [-0.25, -0.2) is 4.68 Å². The second kappa shape index (κ2) is 3.11. The number of aromatic amines is 1. The van der Waals surface area contributed by atoms with E-state index >= 15 is 0 Å². The number of nitrogens with two attached hydrogens (primary N) is 1. The topological polar surface area (TPSA) is 72.5 Å². The first-order valence-corrected chi connectivity index (χ1v) is 3.10. The van der Waals surface area contributed by atoms with Crippen LogP contribution in [0.5, 0.6) is 0 Å². The van der Waals surface area contributed by atoms with E-state index in [9.17, 15) is 0 Å². The van der Waals surface area contributed by atoms with Gasteiger partial charge in [-0.05, 0) is 24.5 Å². The highest BCUT2D eigenvalue weighted by Crippen LogP contribution is 1.82. The molecular formula is C4H7N5S. The van der Waals surface area contributed by atoms with Gasteiger partial charge in [-0.15, -0.1) is 0 Å². The van der Waals surface area contributed by atoms with Crippen molar-refractivity contribution in [2.24, 2.45) is 5.73 Å². The molecule has 0 fully saturated rings.